The van der Waals surface area contributed by atoms with E-state index in [1.807, 2.05) is 16.8 Å². The molecule has 1 aliphatic rings. The van der Waals surface area contributed by atoms with Crippen molar-refractivity contribution in [2.24, 2.45) is 0 Å². The van der Waals surface area contributed by atoms with Crippen LogP contribution in [0.1, 0.15) is 41.1 Å². The number of hydrogen-bond donors (Lipinski definition) is 1. The molecule has 4 heterocycles. The minimum atomic E-state index is 0.490. The van der Waals surface area contributed by atoms with Crippen molar-refractivity contribution >= 4 is 11.6 Å². The Hall–Kier alpha value is -2.96. The van der Waals surface area contributed by atoms with Crippen LogP contribution in [-0.4, -0.2) is 38.2 Å². The van der Waals surface area contributed by atoms with Gasteiger partial charge in [-0.05, 0) is 79.6 Å². The third kappa shape index (κ3) is 4.33. The predicted octanol–water partition coefficient (Wildman–Crippen LogP) is 5.55. The maximum atomic E-state index is 6.02. The Morgan fingerprint density at radius 3 is 2.69 bits per heavy atom. The molecule has 5 rings (SSSR count). The number of pyridine rings is 1. The van der Waals surface area contributed by atoms with E-state index >= 15 is 0 Å². The first kappa shape index (κ1) is 20.9. The van der Waals surface area contributed by atoms with Crippen molar-refractivity contribution in [1.29, 1.82) is 0 Å². The van der Waals surface area contributed by atoms with Crippen LogP contribution in [-0.2, 0) is 11.3 Å². The maximum Gasteiger partial charge on any atom is 0.129 e. The van der Waals surface area contributed by atoms with Gasteiger partial charge in [0.05, 0.1) is 17.9 Å². The molecule has 1 saturated heterocycles. The monoisotopic (exact) mass is 447 g/mol. The van der Waals surface area contributed by atoms with Gasteiger partial charge in [0.25, 0.3) is 0 Å². The molecule has 0 aliphatic carbocycles. The van der Waals surface area contributed by atoms with Gasteiger partial charge in [-0.1, -0.05) is 23.7 Å². The van der Waals surface area contributed by atoms with Gasteiger partial charge < -0.3 is 4.74 Å². The molecule has 0 spiro atoms. The van der Waals surface area contributed by atoms with E-state index in [4.69, 9.17) is 21.4 Å². The molecule has 4 aromatic rings. The lowest BCUT2D eigenvalue weighted by molar-refractivity contribution is 0.0852. The summed E-state index contributed by atoms with van der Waals surface area (Å²) in [5, 5.41) is 13.0. The third-order valence-corrected chi connectivity index (χ3v) is 6.39. The van der Waals surface area contributed by atoms with Crippen LogP contribution in [0.2, 0.25) is 5.15 Å². The molecule has 1 fully saturated rings. The van der Waals surface area contributed by atoms with E-state index in [0.717, 1.165) is 60.0 Å². The second-order valence-electron chi connectivity index (χ2n) is 8.44. The minimum absolute atomic E-state index is 0.490. The number of ether oxygens (including phenoxy) is 1. The Bertz CT molecular complexity index is 1240. The van der Waals surface area contributed by atoms with Crippen molar-refractivity contribution in [3.8, 4) is 22.6 Å². The molecule has 0 bridgehead atoms. The van der Waals surface area contributed by atoms with Crippen LogP contribution < -0.4 is 0 Å². The number of aryl methyl sites for hydroxylation is 2. The number of rotatable bonds is 5. The first-order valence-corrected chi connectivity index (χ1v) is 11.3. The molecule has 164 valence electrons. The zero-order valence-corrected chi connectivity index (χ0v) is 19.1. The van der Waals surface area contributed by atoms with Gasteiger partial charge in [0.2, 0.25) is 0 Å². The quantitative estimate of drug-likeness (QED) is 0.407. The Morgan fingerprint density at radius 1 is 1.06 bits per heavy atom. The summed E-state index contributed by atoms with van der Waals surface area (Å²) in [5.74, 6) is 0.592. The van der Waals surface area contributed by atoms with Crippen molar-refractivity contribution < 1.29 is 4.74 Å². The lowest BCUT2D eigenvalue weighted by Gasteiger charge is -2.24. The molecule has 0 radical (unpaired) electrons. The summed E-state index contributed by atoms with van der Waals surface area (Å²) in [6.45, 7) is 6.60. The van der Waals surface area contributed by atoms with Crippen molar-refractivity contribution in [1.82, 2.24) is 25.0 Å². The lowest BCUT2D eigenvalue weighted by Crippen LogP contribution is -2.14. The molecule has 0 unspecified atom stereocenters. The first-order chi connectivity index (χ1) is 15.6. The fourth-order valence-electron chi connectivity index (χ4n) is 4.42. The Morgan fingerprint density at radius 2 is 1.91 bits per heavy atom. The fourth-order valence-corrected chi connectivity index (χ4v) is 4.61. The molecule has 1 aromatic carbocycles. The highest BCUT2D eigenvalue weighted by molar-refractivity contribution is 6.29. The molecule has 0 atom stereocenters. The highest BCUT2D eigenvalue weighted by atomic mass is 35.5. The van der Waals surface area contributed by atoms with Gasteiger partial charge in [-0.15, -0.1) is 0 Å². The zero-order chi connectivity index (χ0) is 22.1. The van der Waals surface area contributed by atoms with Gasteiger partial charge in [-0.25, -0.2) is 4.98 Å². The Balaban J connectivity index is 1.36. The molecule has 7 heteroatoms. The summed E-state index contributed by atoms with van der Waals surface area (Å²) >= 11 is 6.02. The highest BCUT2D eigenvalue weighted by Gasteiger charge is 2.18. The number of benzene rings is 1. The summed E-state index contributed by atoms with van der Waals surface area (Å²) in [7, 11) is 0. The maximum absolute atomic E-state index is 6.02. The van der Waals surface area contributed by atoms with E-state index in [2.05, 4.69) is 59.4 Å². The molecule has 1 aliphatic heterocycles. The Labute approximate surface area is 192 Å². The van der Waals surface area contributed by atoms with E-state index in [1.54, 1.807) is 6.20 Å². The van der Waals surface area contributed by atoms with Crippen LogP contribution in [0.5, 0.6) is 0 Å². The van der Waals surface area contributed by atoms with Gasteiger partial charge in [0.1, 0.15) is 10.8 Å². The molecular weight excluding hydrogens is 422 g/mol. The van der Waals surface area contributed by atoms with Gasteiger partial charge in [0.15, 0.2) is 0 Å². The van der Waals surface area contributed by atoms with Crippen LogP contribution in [0.15, 0.2) is 48.7 Å². The predicted molar refractivity (Wildman–Crippen MR) is 126 cm³/mol. The van der Waals surface area contributed by atoms with E-state index in [1.165, 1.54) is 11.1 Å². The van der Waals surface area contributed by atoms with Gasteiger partial charge >= 0.3 is 0 Å². The largest absolute Gasteiger partial charge is 0.381 e. The van der Waals surface area contributed by atoms with E-state index in [-0.39, 0.29) is 0 Å². The van der Waals surface area contributed by atoms with Crippen molar-refractivity contribution in [2.75, 3.05) is 13.2 Å². The number of aromatic amines is 1. The first-order valence-electron chi connectivity index (χ1n) is 11.0. The van der Waals surface area contributed by atoms with Crippen LogP contribution >= 0.6 is 11.6 Å². The van der Waals surface area contributed by atoms with Gasteiger partial charge in [-0.3, -0.25) is 9.78 Å². The van der Waals surface area contributed by atoms with Crippen LogP contribution in [0.4, 0.5) is 0 Å². The molecule has 0 saturated carbocycles. The number of halogens is 1. The standard InChI is InChI=1S/C25H26ClN5O/c1-16-11-20(3-4-21(16)19-6-9-32-10-7-19)22-14-23(29-28-22)24-12-17(2)31(30-24)15-18-5-8-27-25(26)13-18/h3-5,8,11-14,19H,6-7,9-10,15H2,1-2H3,(H,28,29). The van der Waals surface area contributed by atoms with E-state index < -0.39 is 0 Å². The number of aromatic nitrogens is 5. The third-order valence-electron chi connectivity index (χ3n) is 6.19. The smallest absolute Gasteiger partial charge is 0.129 e. The molecule has 0 amide bonds. The normalized spacial score (nSPS) is 14.7. The SMILES string of the molecule is Cc1cc(-c2cc(-c3cc(C)n(Cc4ccnc(Cl)c4)n3)[nH]n2)ccc1C1CCOCC1. The summed E-state index contributed by atoms with van der Waals surface area (Å²) in [5.41, 5.74) is 8.69. The summed E-state index contributed by atoms with van der Waals surface area (Å²) in [6, 6.07) is 14.6. The second-order valence-corrected chi connectivity index (χ2v) is 8.83. The zero-order valence-electron chi connectivity index (χ0n) is 18.3. The van der Waals surface area contributed by atoms with Crippen molar-refractivity contribution in [3.05, 3.63) is 76.2 Å². The molecule has 6 nitrogen and oxygen atoms in total. The molecule has 3 aromatic heterocycles. The number of H-pyrrole nitrogens is 1. The number of nitrogens with one attached hydrogen (secondary N) is 1. The van der Waals surface area contributed by atoms with Gasteiger partial charge in [0, 0.05) is 30.7 Å². The topological polar surface area (TPSA) is 68.6 Å². The van der Waals surface area contributed by atoms with E-state index in [9.17, 15) is 0 Å². The van der Waals surface area contributed by atoms with Gasteiger partial charge in [-0.2, -0.15) is 10.2 Å². The van der Waals surface area contributed by atoms with E-state index in [0.29, 0.717) is 17.6 Å². The summed E-state index contributed by atoms with van der Waals surface area (Å²) in [6.07, 6.45) is 3.91. The van der Waals surface area contributed by atoms with Crippen LogP contribution in [0.3, 0.4) is 0 Å². The second kappa shape index (κ2) is 8.88. The minimum Gasteiger partial charge on any atom is -0.381 e. The average molecular weight is 448 g/mol. The number of nitrogens with zero attached hydrogens (tertiary/aromatic N) is 4. The number of hydrogen-bond acceptors (Lipinski definition) is 4. The molecule has 32 heavy (non-hydrogen) atoms. The fraction of sp³-hybridized carbons (Fsp3) is 0.320. The molecule has 1 N–H and O–H groups in total. The summed E-state index contributed by atoms with van der Waals surface area (Å²) in [4.78, 5) is 4.04. The molecular formula is C25H26ClN5O. The lowest BCUT2D eigenvalue weighted by atomic mass is 9.87. The summed E-state index contributed by atoms with van der Waals surface area (Å²) < 4.78 is 7.48. The van der Waals surface area contributed by atoms with Crippen LogP contribution in [0, 0.1) is 13.8 Å². The average Bonchev–Trinajstić information content (AvgIpc) is 3.42. The Kier molecular flexibility index (Phi) is 5.81. The van der Waals surface area contributed by atoms with Crippen LogP contribution in [0.25, 0.3) is 22.6 Å². The highest BCUT2D eigenvalue weighted by Crippen LogP contribution is 2.32. The van der Waals surface area contributed by atoms with Crippen molar-refractivity contribution in [3.63, 3.8) is 0 Å². The van der Waals surface area contributed by atoms with Crippen molar-refractivity contribution in [2.45, 2.75) is 39.2 Å².